The van der Waals surface area contributed by atoms with Crippen LogP contribution in [0.25, 0.3) is 0 Å². The average molecular weight is 297 g/mol. The van der Waals surface area contributed by atoms with Crippen LogP contribution in [0, 0.1) is 0 Å². The fourth-order valence-electron chi connectivity index (χ4n) is 1.84. The number of allylic oxidation sites excluding steroid dienone is 2. The van der Waals surface area contributed by atoms with Crippen molar-refractivity contribution in [2.75, 3.05) is 39.6 Å². The summed E-state index contributed by atoms with van der Waals surface area (Å²) in [4.78, 5) is 0. The van der Waals surface area contributed by atoms with Gasteiger partial charge in [0.05, 0.1) is 51.5 Å². The molecular formula is C14H23N3O4. The topological polar surface area (TPSA) is 78.6 Å². The first-order valence-electron chi connectivity index (χ1n) is 7.24. The Morgan fingerprint density at radius 2 is 1.86 bits per heavy atom. The normalized spacial score (nSPS) is 15.0. The molecule has 0 saturated heterocycles. The summed E-state index contributed by atoms with van der Waals surface area (Å²) < 4.78 is 17.5. The van der Waals surface area contributed by atoms with Crippen molar-refractivity contribution >= 4 is 0 Å². The summed E-state index contributed by atoms with van der Waals surface area (Å²) in [5.41, 5.74) is 2.42. The lowest BCUT2D eigenvalue weighted by molar-refractivity contribution is -0.00872. The van der Waals surface area contributed by atoms with Gasteiger partial charge in [-0.05, 0) is 6.42 Å². The van der Waals surface area contributed by atoms with Gasteiger partial charge in [-0.2, -0.15) is 0 Å². The van der Waals surface area contributed by atoms with Crippen LogP contribution in [0.3, 0.4) is 0 Å². The van der Waals surface area contributed by atoms with Gasteiger partial charge in [0.15, 0.2) is 0 Å². The molecule has 1 unspecified atom stereocenters. The second kappa shape index (κ2) is 8.89. The molecule has 1 aromatic rings. The van der Waals surface area contributed by atoms with E-state index in [1.807, 2.05) is 6.20 Å². The number of aliphatic hydroxyl groups excluding tert-OH is 1. The first kappa shape index (κ1) is 16.1. The number of rotatable bonds is 12. The Labute approximate surface area is 124 Å². The number of hydrogen-bond donors (Lipinski definition) is 1. The Morgan fingerprint density at radius 3 is 2.52 bits per heavy atom. The molecule has 21 heavy (non-hydrogen) atoms. The molecule has 1 aromatic heterocycles. The van der Waals surface area contributed by atoms with E-state index in [-0.39, 0.29) is 6.61 Å². The van der Waals surface area contributed by atoms with Gasteiger partial charge in [-0.15, -0.1) is 5.10 Å². The maximum atomic E-state index is 8.51. The van der Waals surface area contributed by atoms with Gasteiger partial charge in [0.25, 0.3) is 0 Å². The molecule has 0 bridgehead atoms. The second-order valence-electron chi connectivity index (χ2n) is 4.87. The van der Waals surface area contributed by atoms with Crippen LogP contribution in [0.15, 0.2) is 17.8 Å². The monoisotopic (exact) mass is 297 g/mol. The van der Waals surface area contributed by atoms with Crippen molar-refractivity contribution in [1.29, 1.82) is 0 Å². The van der Waals surface area contributed by atoms with E-state index < -0.39 is 0 Å². The van der Waals surface area contributed by atoms with E-state index >= 15 is 0 Å². The molecular weight excluding hydrogens is 274 g/mol. The summed E-state index contributed by atoms with van der Waals surface area (Å²) in [5.74, 6) is 0.362. The Balaban J connectivity index is 1.50. The maximum absolute atomic E-state index is 8.51. The predicted octanol–water partition coefficient (Wildman–Crippen LogP) is 0.711. The van der Waals surface area contributed by atoms with E-state index in [0.29, 0.717) is 45.7 Å². The number of nitrogens with zero attached hydrogens (tertiary/aromatic N) is 3. The van der Waals surface area contributed by atoms with Crippen LogP contribution in [0.1, 0.15) is 25.0 Å². The van der Waals surface area contributed by atoms with Gasteiger partial charge in [-0.25, -0.2) is 4.68 Å². The molecule has 0 saturated carbocycles. The fourth-order valence-corrected chi connectivity index (χ4v) is 1.84. The van der Waals surface area contributed by atoms with Crippen LogP contribution in [0.2, 0.25) is 0 Å². The first-order valence-corrected chi connectivity index (χ1v) is 7.24. The molecule has 1 N–H and O–H groups in total. The highest BCUT2D eigenvalue weighted by molar-refractivity contribution is 5.32. The van der Waals surface area contributed by atoms with Gasteiger partial charge in [0.2, 0.25) is 0 Å². The summed E-state index contributed by atoms with van der Waals surface area (Å²) in [6.45, 7) is 4.90. The van der Waals surface area contributed by atoms with Crippen LogP contribution in [0.5, 0.6) is 0 Å². The van der Waals surface area contributed by atoms with Crippen molar-refractivity contribution in [3.8, 4) is 0 Å². The van der Waals surface area contributed by atoms with E-state index in [1.54, 1.807) is 4.68 Å². The molecule has 0 amide bonds. The molecule has 1 aliphatic rings. The quantitative estimate of drug-likeness (QED) is 0.452. The molecule has 0 spiro atoms. The van der Waals surface area contributed by atoms with E-state index in [1.165, 1.54) is 5.57 Å². The zero-order chi connectivity index (χ0) is 14.9. The molecule has 0 fully saturated rings. The van der Waals surface area contributed by atoms with Crippen LogP contribution >= 0.6 is 0 Å². The maximum Gasteiger partial charge on any atom is 0.141 e. The molecule has 0 radical (unpaired) electrons. The lowest BCUT2D eigenvalue weighted by atomic mass is 10.1. The smallest absolute Gasteiger partial charge is 0.141 e. The molecule has 2 rings (SSSR count). The third-order valence-corrected chi connectivity index (χ3v) is 3.20. The Hall–Kier alpha value is -1.28. The van der Waals surface area contributed by atoms with Crippen LogP contribution in [-0.2, 0) is 20.9 Å². The largest absolute Gasteiger partial charge is 0.394 e. The van der Waals surface area contributed by atoms with Gasteiger partial charge < -0.3 is 19.3 Å². The number of aromatic nitrogens is 3. The molecule has 118 valence electrons. The SMILES string of the molecule is CC(C1=CC1)c1cn(COCCOCCOCCO)nn1. The van der Waals surface area contributed by atoms with Crippen molar-refractivity contribution in [1.82, 2.24) is 15.0 Å². The Bertz CT molecular complexity index is 447. The number of aliphatic hydroxyl groups is 1. The predicted molar refractivity (Wildman–Crippen MR) is 75.8 cm³/mol. The van der Waals surface area contributed by atoms with E-state index in [9.17, 15) is 0 Å². The minimum absolute atomic E-state index is 0.0406. The zero-order valence-corrected chi connectivity index (χ0v) is 12.4. The lowest BCUT2D eigenvalue weighted by Crippen LogP contribution is -2.12. The van der Waals surface area contributed by atoms with Crippen molar-refractivity contribution in [3.05, 3.63) is 23.5 Å². The second-order valence-corrected chi connectivity index (χ2v) is 4.87. The molecule has 0 aliphatic heterocycles. The highest BCUT2D eigenvalue weighted by atomic mass is 16.5. The van der Waals surface area contributed by atoms with E-state index in [4.69, 9.17) is 19.3 Å². The Kier molecular flexibility index (Phi) is 6.81. The standard InChI is InChI=1S/C14H23N3O4/c1-12(13-2-3-13)14-10-17(16-15-14)11-21-9-8-20-7-6-19-5-4-18/h2,10,12,18H,3-9,11H2,1H3. The van der Waals surface area contributed by atoms with Crippen molar-refractivity contribution in [2.24, 2.45) is 0 Å². The highest BCUT2D eigenvalue weighted by Gasteiger charge is 2.20. The van der Waals surface area contributed by atoms with E-state index in [0.717, 1.165) is 12.1 Å². The van der Waals surface area contributed by atoms with Crippen LogP contribution in [0.4, 0.5) is 0 Å². The van der Waals surface area contributed by atoms with Crippen molar-refractivity contribution in [3.63, 3.8) is 0 Å². The average Bonchev–Trinajstić information content (AvgIpc) is 3.24. The van der Waals surface area contributed by atoms with E-state index in [2.05, 4.69) is 23.3 Å². The third kappa shape index (κ3) is 5.92. The van der Waals surface area contributed by atoms with Crippen molar-refractivity contribution in [2.45, 2.75) is 26.0 Å². The van der Waals surface area contributed by atoms with Crippen molar-refractivity contribution < 1.29 is 19.3 Å². The molecule has 0 aromatic carbocycles. The van der Waals surface area contributed by atoms with Gasteiger partial charge in [-0.3, -0.25) is 0 Å². The third-order valence-electron chi connectivity index (χ3n) is 3.20. The van der Waals surface area contributed by atoms with Crippen LogP contribution in [-0.4, -0.2) is 59.7 Å². The number of hydrogen-bond acceptors (Lipinski definition) is 6. The minimum Gasteiger partial charge on any atom is -0.394 e. The molecule has 7 heteroatoms. The zero-order valence-electron chi connectivity index (χ0n) is 12.4. The summed E-state index contributed by atoms with van der Waals surface area (Å²) in [6.07, 6.45) is 5.24. The lowest BCUT2D eigenvalue weighted by Gasteiger charge is -2.06. The van der Waals surface area contributed by atoms with Gasteiger partial charge in [0.1, 0.15) is 6.73 Å². The number of ether oxygens (including phenoxy) is 3. The molecule has 7 nitrogen and oxygen atoms in total. The van der Waals surface area contributed by atoms with Gasteiger partial charge in [-0.1, -0.05) is 23.8 Å². The fraction of sp³-hybridized carbons (Fsp3) is 0.714. The van der Waals surface area contributed by atoms with Gasteiger partial charge in [0, 0.05) is 5.92 Å². The van der Waals surface area contributed by atoms with Gasteiger partial charge >= 0.3 is 0 Å². The Morgan fingerprint density at radius 1 is 1.19 bits per heavy atom. The summed E-state index contributed by atoms with van der Waals surface area (Å²) in [5, 5.41) is 16.7. The molecule has 1 aliphatic carbocycles. The summed E-state index contributed by atoms with van der Waals surface area (Å²) >= 11 is 0. The molecule has 1 atom stereocenters. The molecule has 1 heterocycles. The summed E-state index contributed by atoms with van der Waals surface area (Å²) in [7, 11) is 0. The minimum atomic E-state index is 0.0406. The first-order chi connectivity index (χ1) is 10.3. The summed E-state index contributed by atoms with van der Waals surface area (Å²) in [6, 6.07) is 0. The van der Waals surface area contributed by atoms with Crippen LogP contribution < -0.4 is 0 Å². The highest BCUT2D eigenvalue weighted by Crippen LogP contribution is 2.33.